The van der Waals surface area contributed by atoms with E-state index in [2.05, 4.69) is 5.32 Å². The SMILES string of the molecule is O=C(/C=C/c1ccc(-c2cccc([N+](=O)[O-])c2)o1)Nc1cccc(C(F)(F)F)c1. The molecule has 0 saturated heterocycles. The minimum atomic E-state index is -4.51. The van der Waals surface area contributed by atoms with Crippen LogP contribution in [-0.4, -0.2) is 10.8 Å². The molecule has 148 valence electrons. The van der Waals surface area contributed by atoms with Crippen LogP contribution in [0.3, 0.4) is 0 Å². The van der Waals surface area contributed by atoms with Crippen molar-refractivity contribution in [3.8, 4) is 11.3 Å². The summed E-state index contributed by atoms with van der Waals surface area (Å²) in [5.74, 6) is 0.0231. The van der Waals surface area contributed by atoms with Gasteiger partial charge in [0.2, 0.25) is 5.91 Å². The van der Waals surface area contributed by atoms with Crippen LogP contribution in [0.25, 0.3) is 17.4 Å². The van der Waals surface area contributed by atoms with Gasteiger partial charge in [-0.2, -0.15) is 13.2 Å². The topological polar surface area (TPSA) is 85.4 Å². The number of rotatable bonds is 5. The van der Waals surface area contributed by atoms with Gasteiger partial charge in [-0.15, -0.1) is 0 Å². The van der Waals surface area contributed by atoms with Gasteiger partial charge in [-0.25, -0.2) is 0 Å². The maximum Gasteiger partial charge on any atom is 0.416 e. The molecule has 0 unspecified atom stereocenters. The van der Waals surface area contributed by atoms with Crippen LogP contribution < -0.4 is 5.32 Å². The summed E-state index contributed by atoms with van der Waals surface area (Å²) in [6, 6.07) is 13.3. The summed E-state index contributed by atoms with van der Waals surface area (Å²) in [5.41, 5.74) is -0.457. The normalized spacial score (nSPS) is 11.6. The number of benzene rings is 2. The Balaban J connectivity index is 1.69. The molecule has 1 amide bonds. The predicted octanol–water partition coefficient (Wildman–Crippen LogP) is 5.53. The van der Waals surface area contributed by atoms with Crippen molar-refractivity contribution in [2.75, 3.05) is 5.32 Å². The van der Waals surface area contributed by atoms with Crippen molar-refractivity contribution in [1.82, 2.24) is 0 Å². The van der Waals surface area contributed by atoms with Crippen molar-refractivity contribution in [1.29, 1.82) is 0 Å². The van der Waals surface area contributed by atoms with E-state index in [-0.39, 0.29) is 11.4 Å². The number of nitro benzene ring substituents is 1. The van der Waals surface area contributed by atoms with Gasteiger partial charge in [0, 0.05) is 29.5 Å². The molecule has 1 aromatic heterocycles. The van der Waals surface area contributed by atoms with Crippen molar-refractivity contribution in [3.63, 3.8) is 0 Å². The highest BCUT2D eigenvalue weighted by atomic mass is 19.4. The number of nitro groups is 1. The molecule has 1 heterocycles. The molecule has 0 aliphatic heterocycles. The largest absolute Gasteiger partial charge is 0.457 e. The third-order valence-electron chi connectivity index (χ3n) is 3.82. The van der Waals surface area contributed by atoms with Gasteiger partial charge in [-0.3, -0.25) is 14.9 Å². The molecule has 9 heteroatoms. The van der Waals surface area contributed by atoms with Gasteiger partial charge in [0.25, 0.3) is 5.69 Å². The number of nitrogens with one attached hydrogen (secondary N) is 1. The van der Waals surface area contributed by atoms with Gasteiger partial charge in [0.05, 0.1) is 10.5 Å². The van der Waals surface area contributed by atoms with Crippen LogP contribution in [-0.2, 0) is 11.0 Å². The molecule has 3 aromatic rings. The highest BCUT2D eigenvalue weighted by Gasteiger charge is 2.30. The first-order valence-corrected chi connectivity index (χ1v) is 8.23. The van der Waals surface area contributed by atoms with E-state index in [1.54, 1.807) is 18.2 Å². The lowest BCUT2D eigenvalue weighted by Gasteiger charge is -2.08. The predicted molar refractivity (Wildman–Crippen MR) is 99.9 cm³/mol. The minimum absolute atomic E-state index is 0.00574. The molecule has 1 N–H and O–H groups in total. The number of carbonyl (C=O) groups excluding carboxylic acids is 1. The molecular formula is C20H13F3N2O4. The average molecular weight is 402 g/mol. The van der Waals surface area contributed by atoms with Crippen LogP contribution in [0.2, 0.25) is 0 Å². The average Bonchev–Trinajstić information content (AvgIpc) is 3.15. The van der Waals surface area contributed by atoms with Crippen LogP contribution in [0, 0.1) is 10.1 Å². The Bertz CT molecular complexity index is 1090. The summed E-state index contributed by atoms with van der Waals surface area (Å²) in [5, 5.41) is 13.2. The number of anilines is 1. The number of carbonyl (C=O) groups is 1. The standard InChI is InChI=1S/C20H13F3N2O4/c21-20(22,23)14-4-2-5-15(12-14)24-19(26)10-8-17-7-9-18(29-17)13-3-1-6-16(11-13)25(27)28/h1-12H,(H,24,26)/b10-8+. The van der Waals surface area contributed by atoms with E-state index in [1.165, 1.54) is 36.4 Å². The zero-order valence-electron chi connectivity index (χ0n) is 14.6. The van der Waals surface area contributed by atoms with Crippen molar-refractivity contribution in [3.05, 3.63) is 88.2 Å². The number of amides is 1. The molecule has 0 spiro atoms. The summed E-state index contributed by atoms with van der Waals surface area (Å²) in [4.78, 5) is 22.3. The second-order valence-electron chi connectivity index (χ2n) is 5.91. The maximum absolute atomic E-state index is 12.7. The Labute approximate surface area is 162 Å². The van der Waals surface area contributed by atoms with E-state index < -0.39 is 22.6 Å². The Morgan fingerprint density at radius 1 is 1.07 bits per heavy atom. The number of non-ortho nitro benzene ring substituents is 1. The van der Waals surface area contributed by atoms with Crippen LogP contribution >= 0.6 is 0 Å². The van der Waals surface area contributed by atoms with Crippen molar-refractivity contribution in [2.24, 2.45) is 0 Å². The molecule has 0 saturated carbocycles. The van der Waals surface area contributed by atoms with E-state index in [0.717, 1.165) is 18.2 Å². The van der Waals surface area contributed by atoms with Crippen LogP contribution in [0.15, 0.2) is 71.2 Å². The maximum atomic E-state index is 12.7. The third-order valence-corrected chi connectivity index (χ3v) is 3.82. The number of hydrogen-bond donors (Lipinski definition) is 1. The Kier molecular flexibility index (Phi) is 5.49. The van der Waals surface area contributed by atoms with Gasteiger partial charge < -0.3 is 9.73 Å². The fraction of sp³-hybridized carbons (Fsp3) is 0.0500. The molecule has 0 fully saturated rings. The smallest absolute Gasteiger partial charge is 0.416 e. The monoisotopic (exact) mass is 402 g/mol. The number of nitrogens with zero attached hydrogens (tertiary/aromatic N) is 1. The van der Waals surface area contributed by atoms with Crippen LogP contribution in [0.1, 0.15) is 11.3 Å². The molecule has 2 aromatic carbocycles. The summed E-state index contributed by atoms with van der Waals surface area (Å²) in [6.07, 6.45) is -2.06. The lowest BCUT2D eigenvalue weighted by molar-refractivity contribution is -0.384. The molecule has 0 atom stereocenters. The first-order chi connectivity index (χ1) is 13.7. The van der Waals surface area contributed by atoms with E-state index in [0.29, 0.717) is 17.1 Å². The van der Waals surface area contributed by atoms with Gasteiger partial charge in [-0.1, -0.05) is 18.2 Å². The fourth-order valence-corrected chi connectivity index (χ4v) is 2.49. The summed E-state index contributed by atoms with van der Waals surface area (Å²) in [7, 11) is 0. The Hall–Kier alpha value is -3.88. The van der Waals surface area contributed by atoms with Crippen molar-refractivity contribution in [2.45, 2.75) is 6.18 Å². The van der Waals surface area contributed by atoms with E-state index in [9.17, 15) is 28.1 Å². The summed E-state index contributed by atoms with van der Waals surface area (Å²) < 4.78 is 43.7. The van der Waals surface area contributed by atoms with E-state index in [4.69, 9.17) is 4.42 Å². The quantitative estimate of drug-likeness (QED) is 0.346. The fourth-order valence-electron chi connectivity index (χ4n) is 2.49. The first-order valence-electron chi connectivity index (χ1n) is 8.23. The van der Waals surface area contributed by atoms with Gasteiger partial charge in [0.1, 0.15) is 11.5 Å². The lowest BCUT2D eigenvalue weighted by Crippen LogP contribution is -2.10. The molecule has 29 heavy (non-hydrogen) atoms. The van der Waals surface area contributed by atoms with Crippen LogP contribution in [0.5, 0.6) is 0 Å². The number of hydrogen-bond acceptors (Lipinski definition) is 4. The summed E-state index contributed by atoms with van der Waals surface area (Å²) >= 11 is 0. The van der Waals surface area contributed by atoms with Crippen molar-refractivity contribution < 1.29 is 27.3 Å². The zero-order chi connectivity index (χ0) is 21.0. The zero-order valence-corrected chi connectivity index (χ0v) is 14.6. The number of alkyl halides is 3. The van der Waals surface area contributed by atoms with E-state index in [1.807, 2.05) is 0 Å². The molecule has 6 nitrogen and oxygen atoms in total. The Morgan fingerprint density at radius 2 is 1.83 bits per heavy atom. The molecule has 0 aliphatic carbocycles. The number of furan rings is 1. The molecule has 0 aliphatic rings. The molecule has 3 rings (SSSR count). The molecule has 0 radical (unpaired) electrons. The number of halogens is 3. The van der Waals surface area contributed by atoms with Gasteiger partial charge in [0.15, 0.2) is 0 Å². The minimum Gasteiger partial charge on any atom is -0.457 e. The van der Waals surface area contributed by atoms with Gasteiger partial charge in [-0.05, 0) is 36.4 Å². The second-order valence-corrected chi connectivity index (χ2v) is 5.91. The molecule has 0 bridgehead atoms. The molecular weight excluding hydrogens is 389 g/mol. The van der Waals surface area contributed by atoms with Gasteiger partial charge >= 0.3 is 6.18 Å². The van der Waals surface area contributed by atoms with Crippen molar-refractivity contribution >= 4 is 23.4 Å². The Morgan fingerprint density at radius 3 is 2.55 bits per heavy atom. The lowest BCUT2D eigenvalue weighted by atomic mass is 10.1. The van der Waals surface area contributed by atoms with Crippen LogP contribution in [0.4, 0.5) is 24.5 Å². The first kappa shape index (κ1) is 19.9. The summed E-state index contributed by atoms with van der Waals surface area (Å²) in [6.45, 7) is 0. The van der Waals surface area contributed by atoms with E-state index >= 15 is 0 Å². The third kappa shape index (κ3) is 5.10. The highest BCUT2D eigenvalue weighted by Crippen LogP contribution is 2.30. The highest BCUT2D eigenvalue weighted by molar-refractivity contribution is 6.01. The second kappa shape index (κ2) is 8.01.